The average Bonchev–Trinajstić information content (AvgIpc) is 2.71. The minimum atomic E-state index is -0.0403. The van der Waals surface area contributed by atoms with E-state index >= 15 is 0 Å². The number of phenols is 1. The first kappa shape index (κ1) is 20.5. The van der Waals surface area contributed by atoms with Gasteiger partial charge >= 0.3 is 0 Å². The summed E-state index contributed by atoms with van der Waals surface area (Å²) in [5.41, 5.74) is 4.68. The highest BCUT2D eigenvalue weighted by molar-refractivity contribution is 5.78. The summed E-state index contributed by atoms with van der Waals surface area (Å²) in [7, 11) is 0. The third-order valence-corrected chi connectivity index (χ3v) is 4.90. The van der Waals surface area contributed by atoms with Gasteiger partial charge < -0.3 is 15.2 Å². The Morgan fingerprint density at radius 2 is 1.69 bits per heavy atom. The first-order valence-electron chi connectivity index (χ1n) is 9.89. The van der Waals surface area contributed by atoms with Crippen LogP contribution in [-0.4, -0.2) is 17.6 Å². The van der Waals surface area contributed by atoms with Crippen molar-refractivity contribution >= 4 is 5.91 Å². The lowest BCUT2D eigenvalue weighted by atomic mass is 10.0. The van der Waals surface area contributed by atoms with Gasteiger partial charge in [-0.3, -0.25) is 4.79 Å². The van der Waals surface area contributed by atoms with Crippen molar-refractivity contribution in [2.24, 2.45) is 0 Å². The number of hydrogen-bond donors (Lipinski definition) is 2. The molecule has 0 aliphatic rings. The van der Waals surface area contributed by atoms with E-state index in [1.807, 2.05) is 30.3 Å². The smallest absolute Gasteiger partial charge is 0.224 e. The molecule has 0 atom stereocenters. The predicted octanol–water partition coefficient (Wildman–Crippen LogP) is 5.09. The molecule has 0 saturated carbocycles. The van der Waals surface area contributed by atoms with Gasteiger partial charge in [-0.2, -0.15) is 0 Å². The van der Waals surface area contributed by atoms with Crippen LogP contribution in [0.5, 0.6) is 17.2 Å². The summed E-state index contributed by atoms with van der Waals surface area (Å²) in [6, 6.07) is 20.7. The number of amides is 1. The average molecular weight is 389 g/mol. The quantitative estimate of drug-likeness (QED) is 0.528. The second-order valence-corrected chi connectivity index (χ2v) is 7.27. The highest BCUT2D eigenvalue weighted by atomic mass is 16.5. The molecular formula is C25H27NO3. The molecule has 0 heterocycles. The minimum Gasteiger partial charge on any atom is -0.504 e. The first-order chi connectivity index (χ1) is 14.0. The van der Waals surface area contributed by atoms with Crippen molar-refractivity contribution in [2.75, 3.05) is 6.54 Å². The van der Waals surface area contributed by atoms with Gasteiger partial charge in [0.15, 0.2) is 11.5 Å². The van der Waals surface area contributed by atoms with Crippen LogP contribution >= 0.6 is 0 Å². The number of benzene rings is 3. The SMILES string of the molecule is Cc1ccc(CCCNC(=O)Cc2ccc(O)c(Oc3ccccc3)c2)cc1C. The van der Waals surface area contributed by atoms with E-state index in [-0.39, 0.29) is 18.1 Å². The Balaban J connectivity index is 1.48. The Morgan fingerprint density at radius 3 is 2.45 bits per heavy atom. The summed E-state index contributed by atoms with van der Waals surface area (Å²) in [4.78, 5) is 12.3. The lowest BCUT2D eigenvalue weighted by Crippen LogP contribution is -2.26. The number of rotatable bonds is 8. The maximum absolute atomic E-state index is 12.3. The number of phenolic OH excluding ortho intramolecular Hbond substituents is 1. The van der Waals surface area contributed by atoms with Crippen LogP contribution in [0.2, 0.25) is 0 Å². The van der Waals surface area contributed by atoms with E-state index in [0.717, 1.165) is 18.4 Å². The zero-order valence-electron chi connectivity index (χ0n) is 16.9. The van der Waals surface area contributed by atoms with Crippen LogP contribution < -0.4 is 10.1 Å². The van der Waals surface area contributed by atoms with Crippen molar-refractivity contribution in [1.82, 2.24) is 5.32 Å². The number of ether oxygens (including phenoxy) is 1. The van der Waals surface area contributed by atoms with Crippen LogP contribution in [0.3, 0.4) is 0 Å². The molecule has 2 N–H and O–H groups in total. The highest BCUT2D eigenvalue weighted by Crippen LogP contribution is 2.31. The van der Waals surface area contributed by atoms with Gasteiger partial charge in [-0.1, -0.05) is 42.5 Å². The molecule has 0 bridgehead atoms. The molecule has 0 unspecified atom stereocenters. The van der Waals surface area contributed by atoms with Crippen molar-refractivity contribution in [1.29, 1.82) is 0 Å². The molecule has 0 aromatic heterocycles. The molecule has 29 heavy (non-hydrogen) atoms. The van der Waals surface area contributed by atoms with E-state index in [1.54, 1.807) is 18.2 Å². The fraction of sp³-hybridized carbons (Fsp3) is 0.240. The molecule has 1 amide bonds. The van der Waals surface area contributed by atoms with Crippen LogP contribution in [-0.2, 0) is 17.6 Å². The third kappa shape index (κ3) is 6.11. The molecule has 0 aliphatic carbocycles. The van der Waals surface area contributed by atoms with Gasteiger partial charge in [0.05, 0.1) is 6.42 Å². The normalized spacial score (nSPS) is 10.6. The number of nitrogens with one attached hydrogen (secondary N) is 1. The number of carbonyl (C=O) groups excluding carboxylic acids is 1. The van der Waals surface area contributed by atoms with Crippen molar-refractivity contribution in [3.05, 3.63) is 89.0 Å². The first-order valence-corrected chi connectivity index (χ1v) is 9.89. The maximum atomic E-state index is 12.3. The fourth-order valence-corrected chi connectivity index (χ4v) is 3.09. The van der Waals surface area contributed by atoms with E-state index in [1.165, 1.54) is 16.7 Å². The van der Waals surface area contributed by atoms with Gasteiger partial charge in [0.1, 0.15) is 5.75 Å². The van der Waals surface area contributed by atoms with E-state index in [2.05, 4.69) is 37.4 Å². The molecule has 0 saturated heterocycles. The molecule has 3 rings (SSSR count). The van der Waals surface area contributed by atoms with Crippen LogP contribution in [0.25, 0.3) is 0 Å². The van der Waals surface area contributed by atoms with Crippen molar-refractivity contribution in [3.8, 4) is 17.2 Å². The van der Waals surface area contributed by atoms with Gasteiger partial charge in [-0.25, -0.2) is 0 Å². The summed E-state index contributed by atoms with van der Waals surface area (Å²) in [6.07, 6.45) is 2.08. The summed E-state index contributed by atoms with van der Waals surface area (Å²) in [6.45, 7) is 4.87. The molecular weight excluding hydrogens is 362 g/mol. The molecule has 4 nitrogen and oxygen atoms in total. The van der Waals surface area contributed by atoms with E-state index in [0.29, 0.717) is 18.0 Å². The fourth-order valence-electron chi connectivity index (χ4n) is 3.09. The molecule has 150 valence electrons. The van der Waals surface area contributed by atoms with Crippen LogP contribution in [0, 0.1) is 13.8 Å². The standard InChI is InChI=1S/C25H27NO3/c1-18-10-11-20(15-19(18)2)7-6-14-26-25(28)17-21-12-13-23(27)24(16-21)29-22-8-4-3-5-9-22/h3-5,8-13,15-16,27H,6-7,14,17H2,1-2H3,(H,26,28). The summed E-state index contributed by atoms with van der Waals surface area (Å²) >= 11 is 0. The van der Waals surface area contributed by atoms with Gasteiger partial charge in [0.25, 0.3) is 0 Å². The Labute approximate surface area is 172 Å². The van der Waals surface area contributed by atoms with E-state index in [9.17, 15) is 9.90 Å². The molecule has 0 fully saturated rings. The third-order valence-electron chi connectivity index (χ3n) is 4.90. The predicted molar refractivity (Wildman–Crippen MR) is 116 cm³/mol. The number of hydrogen-bond acceptors (Lipinski definition) is 3. The number of para-hydroxylation sites is 1. The molecule has 0 radical (unpaired) electrons. The summed E-state index contributed by atoms with van der Waals surface area (Å²) < 4.78 is 5.72. The Bertz CT molecular complexity index is 967. The molecule has 3 aromatic carbocycles. The lowest BCUT2D eigenvalue weighted by Gasteiger charge is -2.10. The van der Waals surface area contributed by atoms with Gasteiger partial charge in [-0.05, 0) is 73.2 Å². The molecule has 3 aromatic rings. The second-order valence-electron chi connectivity index (χ2n) is 7.27. The molecule has 0 spiro atoms. The number of aromatic hydroxyl groups is 1. The van der Waals surface area contributed by atoms with E-state index < -0.39 is 0 Å². The number of carbonyl (C=O) groups is 1. The van der Waals surface area contributed by atoms with Crippen molar-refractivity contribution < 1.29 is 14.6 Å². The summed E-state index contributed by atoms with van der Waals surface area (Å²) in [5, 5.41) is 13.0. The molecule has 0 aliphatic heterocycles. The van der Waals surface area contributed by atoms with Crippen LogP contribution in [0.1, 0.15) is 28.7 Å². The van der Waals surface area contributed by atoms with Gasteiger partial charge in [0, 0.05) is 6.54 Å². The Hall–Kier alpha value is -3.27. The van der Waals surface area contributed by atoms with E-state index in [4.69, 9.17) is 4.74 Å². The largest absolute Gasteiger partial charge is 0.504 e. The minimum absolute atomic E-state index is 0.0403. The lowest BCUT2D eigenvalue weighted by molar-refractivity contribution is -0.120. The van der Waals surface area contributed by atoms with Gasteiger partial charge in [-0.15, -0.1) is 0 Å². The second kappa shape index (κ2) is 9.78. The Kier molecular flexibility index (Phi) is 6.90. The summed E-state index contributed by atoms with van der Waals surface area (Å²) in [5.74, 6) is 0.986. The van der Waals surface area contributed by atoms with Crippen LogP contribution in [0.4, 0.5) is 0 Å². The van der Waals surface area contributed by atoms with Crippen LogP contribution in [0.15, 0.2) is 66.7 Å². The highest BCUT2D eigenvalue weighted by Gasteiger charge is 2.09. The molecule has 4 heteroatoms. The van der Waals surface area contributed by atoms with Crippen molar-refractivity contribution in [2.45, 2.75) is 33.1 Å². The number of aryl methyl sites for hydroxylation is 3. The zero-order chi connectivity index (χ0) is 20.6. The monoisotopic (exact) mass is 389 g/mol. The topological polar surface area (TPSA) is 58.6 Å². The zero-order valence-corrected chi connectivity index (χ0v) is 16.9. The maximum Gasteiger partial charge on any atom is 0.224 e. The van der Waals surface area contributed by atoms with Crippen molar-refractivity contribution in [3.63, 3.8) is 0 Å². The Morgan fingerprint density at radius 1 is 0.931 bits per heavy atom. The van der Waals surface area contributed by atoms with Gasteiger partial charge in [0.2, 0.25) is 5.91 Å².